The summed E-state index contributed by atoms with van der Waals surface area (Å²) in [6, 6.07) is 13.4. The first-order valence-electron chi connectivity index (χ1n) is 7.94. The molecule has 0 unspecified atom stereocenters. The summed E-state index contributed by atoms with van der Waals surface area (Å²) in [6.07, 6.45) is 0. The fourth-order valence-electron chi connectivity index (χ4n) is 2.11. The maximum absolute atomic E-state index is 12.3. The largest absolute Gasteiger partial charge is 0.491 e. The highest BCUT2D eigenvalue weighted by Crippen LogP contribution is 2.17. The molecule has 0 heterocycles. The molecular formula is C19H21NO5. The lowest BCUT2D eigenvalue weighted by Crippen LogP contribution is -2.13. The number of methoxy groups -OCH3 is 1. The number of carbonyl (C=O) groups is 2. The van der Waals surface area contributed by atoms with Crippen molar-refractivity contribution in [2.24, 2.45) is 0 Å². The second-order valence-electron chi connectivity index (χ2n) is 5.10. The third kappa shape index (κ3) is 5.61. The highest BCUT2D eigenvalue weighted by molar-refractivity contribution is 6.05. The van der Waals surface area contributed by atoms with Crippen molar-refractivity contribution in [3.05, 3.63) is 59.7 Å². The topological polar surface area (TPSA) is 73.9 Å². The molecular weight excluding hydrogens is 322 g/mol. The standard InChI is InChI=1S/C19H21NO5/c1-3-24-11-12-25-17-9-7-16(8-10-17)20-18(21)14-5-4-6-15(13-14)19(22)23-2/h4-10,13H,3,11-12H2,1-2H3,(H,20,21). The van der Waals surface area contributed by atoms with E-state index < -0.39 is 5.97 Å². The van der Waals surface area contributed by atoms with Crippen molar-refractivity contribution >= 4 is 17.6 Å². The molecule has 1 N–H and O–H groups in total. The van der Waals surface area contributed by atoms with Crippen molar-refractivity contribution in [2.45, 2.75) is 6.92 Å². The first-order chi connectivity index (χ1) is 12.1. The Morgan fingerprint density at radius 2 is 1.72 bits per heavy atom. The summed E-state index contributed by atoms with van der Waals surface area (Å²) in [5, 5.41) is 2.77. The molecule has 0 saturated heterocycles. The molecule has 0 aromatic heterocycles. The Bertz CT molecular complexity index is 712. The fourth-order valence-corrected chi connectivity index (χ4v) is 2.11. The first-order valence-corrected chi connectivity index (χ1v) is 7.94. The van der Waals surface area contributed by atoms with E-state index in [1.54, 1.807) is 42.5 Å². The number of ether oxygens (including phenoxy) is 3. The van der Waals surface area contributed by atoms with Gasteiger partial charge in [-0.1, -0.05) is 6.07 Å². The fraction of sp³-hybridized carbons (Fsp3) is 0.263. The van der Waals surface area contributed by atoms with Gasteiger partial charge in [-0.15, -0.1) is 0 Å². The number of esters is 1. The van der Waals surface area contributed by atoms with Gasteiger partial charge in [-0.25, -0.2) is 4.79 Å². The molecule has 0 saturated carbocycles. The number of hydrogen-bond acceptors (Lipinski definition) is 5. The van der Waals surface area contributed by atoms with Gasteiger partial charge in [-0.05, 0) is 49.4 Å². The van der Waals surface area contributed by atoms with Gasteiger partial charge in [0.15, 0.2) is 0 Å². The van der Waals surface area contributed by atoms with Crippen LogP contribution in [0.5, 0.6) is 5.75 Å². The van der Waals surface area contributed by atoms with Crippen molar-refractivity contribution in [1.82, 2.24) is 0 Å². The Morgan fingerprint density at radius 3 is 2.40 bits per heavy atom. The Hall–Kier alpha value is -2.86. The van der Waals surface area contributed by atoms with Crippen LogP contribution in [0.4, 0.5) is 5.69 Å². The average Bonchev–Trinajstić information content (AvgIpc) is 2.66. The molecule has 0 aliphatic carbocycles. The normalized spacial score (nSPS) is 10.2. The van der Waals surface area contributed by atoms with E-state index in [9.17, 15) is 9.59 Å². The lowest BCUT2D eigenvalue weighted by molar-refractivity contribution is 0.0600. The van der Waals surface area contributed by atoms with Crippen LogP contribution in [0, 0.1) is 0 Å². The van der Waals surface area contributed by atoms with Gasteiger partial charge in [0.1, 0.15) is 12.4 Å². The number of amides is 1. The van der Waals surface area contributed by atoms with Gasteiger partial charge in [-0.3, -0.25) is 4.79 Å². The van der Waals surface area contributed by atoms with Crippen LogP contribution >= 0.6 is 0 Å². The Kier molecular flexibility index (Phi) is 6.98. The maximum atomic E-state index is 12.3. The van der Waals surface area contributed by atoms with Gasteiger partial charge >= 0.3 is 5.97 Å². The number of carbonyl (C=O) groups excluding carboxylic acids is 2. The molecule has 0 bridgehead atoms. The Balaban J connectivity index is 1.95. The van der Waals surface area contributed by atoms with E-state index in [-0.39, 0.29) is 5.91 Å². The van der Waals surface area contributed by atoms with Crippen molar-refractivity contribution in [3.8, 4) is 5.75 Å². The molecule has 0 fully saturated rings. The van der Waals surface area contributed by atoms with Gasteiger partial charge in [-0.2, -0.15) is 0 Å². The number of rotatable bonds is 8. The third-order valence-corrected chi connectivity index (χ3v) is 3.36. The highest BCUT2D eigenvalue weighted by atomic mass is 16.5. The van der Waals surface area contributed by atoms with E-state index >= 15 is 0 Å². The zero-order chi connectivity index (χ0) is 18.1. The van der Waals surface area contributed by atoms with Crippen molar-refractivity contribution in [2.75, 3.05) is 32.2 Å². The van der Waals surface area contributed by atoms with Gasteiger partial charge in [0, 0.05) is 17.9 Å². The second kappa shape index (κ2) is 9.44. The van der Waals surface area contributed by atoms with E-state index in [0.29, 0.717) is 42.4 Å². The quantitative estimate of drug-likeness (QED) is 0.589. The van der Waals surface area contributed by atoms with Crippen LogP contribution in [0.15, 0.2) is 48.5 Å². The maximum Gasteiger partial charge on any atom is 0.337 e. The summed E-state index contributed by atoms with van der Waals surface area (Å²) >= 11 is 0. The zero-order valence-corrected chi connectivity index (χ0v) is 14.3. The van der Waals surface area contributed by atoms with E-state index in [0.717, 1.165) is 0 Å². The summed E-state index contributed by atoms with van der Waals surface area (Å²) in [5.74, 6) is -0.0932. The van der Waals surface area contributed by atoms with Crippen LogP contribution in [0.1, 0.15) is 27.6 Å². The van der Waals surface area contributed by atoms with Crippen molar-refractivity contribution < 1.29 is 23.8 Å². The Morgan fingerprint density at radius 1 is 1.00 bits per heavy atom. The molecule has 0 spiro atoms. The second-order valence-corrected chi connectivity index (χ2v) is 5.10. The van der Waals surface area contributed by atoms with E-state index in [1.807, 2.05) is 6.92 Å². The SMILES string of the molecule is CCOCCOc1ccc(NC(=O)c2cccc(C(=O)OC)c2)cc1. The van der Waals surface area contributed by atoms with Gasteiger partial charge in [0.2, 0.25) is 0 Å². The van der Waals surface area contributed by atoms with Crippen LogP contribution in [-0.2, 0) is 9.47 Å². The predicted octanol–water partition coefficient (Wildman–Crippen LogP) is 3.14. The molecule has 0 aliphatic rings. The highest BCUT2D eigenvalue weighted by Gasteiger charge is 2.11. The summed E-state index contributed by atoms with van der Waals surface area (Å²) in [4.78, 5) is 23.8. The molecule has 2 aromatic rings. The minimum atomic E-state index is -0.483. The van der Waals surface area contributed by atoms with E-state index in [4.69, 9.17) is 9.47 Å². The van der Waals surface area contributed by atoms with Crippen LogP contribution in [0.25, 0.3) is 0 Å². The number of nitrogens with one attached hydrogen (secondary N) is 1. The molecule has 0 atom stereocenters. The summed E-state index contributed by atoms with van der Waals surface area (Å²) in [6.45, 7) is 3.59. The Labute approximate surface area is 146 Å². The molecule has 2 aromatic carbocycles. The zero-order valence-electron chi connectivity index (χ0n) is 14.3. The molecule has 6 heteroatoms. The molecule has 2 rings (SSSR count). The molecule has 0 aliphatic heterocycles. The minimum Gasteiger partial charge on any atom is -0.491 e. The molecule has 0 radical (unpaired) electrons. The smallest absolute Gasteiger partial charge is 0.337 e. The van der Waals surface area contributed by atoms with E-state index in [2.05, 4.69) is 10.1 Å². The van der Waals surface area contributed by atoms with E-state index in [1.165, 1.54) is 13.2 Å². The van der Waals surface area contributed by atoms with Gasteiger partial charge in [0.05, 0.1) is 19.3 Å². The van der Waals surface area contributed by atoms with Crippen molar-refractivity contribution in [3.63, 3.8) is 0 Å². The third-order valence-electron chi connectivity index (χ3n) is 3.36. The lowest BCUT2D eigenvalue weighted by atomic mass is 10.1. The average molecular weight is 343 g/mol. The van der Waals surface area contributed by atoms with Gasteiger partial charge in [0.25, 0.3) is 5.91 Å². The number of hydrogen-bond donors (Lipinski definition) is 1. The first kappa shape index (κ1) is 18.5. The molecule has 6 nitrogen and oxygen atoms in total. The number of anilines is 1. The van der Waals surface area contributed by atoms with Crippen LogP contribution in [0.2, 0.25) is 0 Å². The summed E-state index contributed by atoms with van der Waals surface area (Å²) in [5.41, 5.74) is 1.33. The van der Waals surface area contributed by atoms with Crippen LogP contribution in [-0.4, -0.2) is 38.8 Å². The number of benzene rings is 2. The van der Waals surface area contributed by atoms with Crippen LogP contribution in [0.3, 0.4) is 0 Å². The molecule has 25 heavy (non-hydrogen) atoms. The predicted molar refractivity (Wildman–Crippen MR) is 94.2 cm³/mol. The van der Waals surface area contributed by atoms with Crippen molar-refractivity contribution in [1.29, 1.82) is 0 Å². The van der Waals surface area contributed by atoms with Crippen LogP contribution < -0.4 is 10.1 Å². The summed E-state index contributed by atoms with van der Waals surface area (Å²) in [7, 11) is 1.30. The monoisotopic (exact) mass is 343 g/mol. The van der Waals surface area contributed by atoms with Gasteiger partial charge < -0.3 is 19.5 Å². The summed E-state index contributed by atoms with van der Waals surface area (Å²) < 4.78 is 15.4. The lowest BCUT2D eigenvalue weighted by Gasteiger charge is -2.09. The minimum absolute atomic E-state index is 0.309. The molecule has 1 amide bonds. The molecule has 132 valence electrons.